The van der Waals surface area contributed by atoms with Crippen LogP contribution in [0.4, 0.5) is 16.2 Å². The highest BCUT2D eigenvalue weighted by Crippen LogP contribution is 2.26. The molecule has 1 aliphatic rings. The third-order valence-electron chi connectivity index (χ3n) is 2.82. The Morgan fingerprint density at radius 2 is 2.47 bits per heavy atom. The van der Waals surface area contributed by atoms with Gasteiger partial charge in [-0.25, -0.2) is 9.37 Å². The number of nitrogen functional groups attached to an aromatic ring is 1. The zero-order valence-electron chi connectivity index (χ0n) is 9.48. The summed E-state index contributed by atoms with van der Waals surface area (Å²) in [6, 6.07) is -0.385. The summed E-state index contributed by atoms with van der Waals surface area (Å²) >= 11 is 0. The van der Waals surface area contributed by atoms with Crippen LogP contribution in [0.3, 0.4) is 0 Å². The molecule has 1 fully saturated rings. The third kappa shape index (κ3) is 2.13. The van der Waals surface area contributed by atoms with Crippen LogP contribution in [0.25, 0.3) is 0 Å². The maximum Gasteiger partial charge on any atom is 0.242 e. The van der Waals surface area contributed by atoms with Crippen LogP contribution in [0.1, 0.15) is 12.8 Å². The Hall–Kier alpha value is -1.92. The topological polar surface area (TPSA) is 84.1 Å². The fraction of sp³-hybridized carbons (Fsp3) is 0.500. The van der Waals surface area contributed by atoms with E-state index in [1.807, 2.05) is 0 Å². The number of likely N-dealkylation sites (N-methyl/N-ethyl adjacent to an activating group) is 1. The molecule has 2 heterocycles. The lowest BCUT2D eigenvalue weighted by molar-refractivity contribution is -0.121. The highest BCUT2D eigenvalue weighted by molar-refractivity contribution is 5.85. The van der Waals surface area contributed by atoms with Gasteiger partial charge in [0.15, 0.2) is 11.6 Å². The average Bonchev–Trinajstić information content (AvgIpc) is 2.80. The summed E-state index contributed by atoms with van der Waals surface area (Å²) in [5.41, 5.74) is 5.43. The van der Waals surface area contributed by atoms with Crippen LogP contribution in [0.15, 0.2) is 6.20 Å². The summed E-state index contributed by atoms with van der Waals surface area (Å²) in [7, 11) is 1.56. The second-order valence-electron chi connectivity index (χ2n) is 3.87. The van der Waals surface area contributed by atoms with Crippen LogP contribution in [0, 0.1) is 5.82 Å². The number of carbonyl (C=O) groups excluding carboxylic acids is 1. The largest absolute Gasteiger partial charge is 0.368 e. The van der Waals surface area contributed by atoms with Crippen LogP contribution in [0.5, 0.6) is 0 Å². The number of amides is 1. The Labute approximate surface area is 98.0 Å². The second kappa shape index (κ2) is 4.52. The first-order valence-electron chi connectivity index (χ1n) is 5.39. The van der Waals surface area contributed by atoms with Gasteiger partial charge in [-0.2, -0.15) is 4.98 Å². The Bertz CT molecular complexity index is 439. The van der Waals surface area contributed by atoms with Gasteiger partial charge in [-0.3, -0.25) is 4.79 Å². The van der Waals surface area contributed by atoms with Gasteiger partial charge in [-0.05, 0) is 12.8 Å². The summed E-state index contributed by atoms with van der Waals surface area (Å²) in [5.74, 6) is -0.596. The number of halogens is 1. The van der Waals surface area contributed by atoms with Gasteiger partial charge in [-0.15, -0.1) is 0 Å². The molecule has 3 N–H and O–H groups in total. The molecule has 0 aliphatic carbocycles. The van der Waals surface area contributed by atoms with Crippen molar-refractivity contribution in [2.24, 2.45) is 0 Å². The number of rotatable bonds is 2. The second-order valence-corrected chi connectivity index (χ2v) is 3.87. The number of nitrogens with zero attached hydrogens (tertiary/aromatic N) is 3. The van der Waals surface area contributed by atoms with Crippen molar-refractivity contribution in [3.8, 4) is 0 Å². The van der Waals surface area contributed by atoms with E-state index in [0.29, 0.717) is 13.0 Å². The van der Waals surface area contributed by atoms with Gasteiger partial charge in [0, 0.05) is 13.6 Å². The van der Waals surface area contributed by atoms with Crippen molar-refractivity contribution in [1.29, 1.82) is 0 Å². The van der Waals surface area contributed by atoms with E-state index in [-0.39, 0.29) is 23.7 Å². The standard InChI is InChI=1S/C10H14FN5O/c1-13-9(17)7-3-2-4-16(7)8-6(11)5-14-10(12)15-8/h5,7H,2-4H2,1H3,(H,13,17)(H2,12,14,15). The average molecular weight is 239 g/mol. The smallest absolute Gasteiger partial charge is 0.242 e. The van der Waals surface area contributed by atoms with Gasteiger partial charge in [0.2, 0.25) is 11.9 Å². The molecule has 7 heteroatoms. The molecule has 1 saturated heterocycles. The van der Waals surface area contributed by atoms with Gasteiger partial charge in [0.05, 0.1) is 6.20 Å². The van der Waals surface area contributed by atoms with Crippen LogP contribution >= 0.6 is 0 Å². The highest BCUT2D eigenvalue weighted by atomic mass is 19.1. The van der Waals surface area contributed by atoms with Gasteiger partial charge in [0.1, 0.15) is 6.04 Å². The lowest BCUT2D eigenvalue weighted by atomic mass is 10.2. The molecule has 1 aromatic rings. The van der Waals surface area contributed by atoms with Gasteiger partial charge in [0.25, 0.3) is 0 Å². The monoisotopic (exact) mass is 239 g/mol. The fourth-order valence-electron chi connectivity index (χ4n) is 2.03. The van der Waals surface area contributed by atoms with E-state index >= 15 is 0 Å². The highest BCUT2D eigenvalue weighted by Gasteiger charge is 2.32. The molecule has 6 nitrogen and oxygen atoms in total. The Morgan fingerprint density at radius 1 is 1.71 bits per heavy atom. The van der Waals surface area contributed by atoms with Gasteiger partial charge >= 0.3 is 0 Å². The number of anilines is 2. The molecule has 0 aromatic carbocycles. The predicted molar refractivity (Wildman–Crippen MR) is 60.8 cm³/mol. The minimum Gasteiger partial charge on any atom is -0.368 e. The maximum absolute atomic E-state index is 13.6. The zero-order valence-corrected chi connectivity index (χ0v) is 9.48. The Morgan fingerprint density at radius 3 is 3.18 bits per heavy atom. The van der Waals surface area contributed by atoms with E-state index in [0.717, 1.165) is 12.6 Å². The van der Waals surface area contributed by atoms with E-state index in [4.69, 9.17) is 5.73 Å². The molecule has 0 radical (unpaired) electrons. The molecule has 92 valence electrons. The SMILES string of the molecule is CNC(=O)C1CCCN1c1nc(N)ncc1F. The first kappa shape index (κ1) is 11.6. The van der Waals surface area contributed by atoms with Gasteiger partial charge in [-0.1, -0.05) is 0 Å². The number of carbonyl (C=O) groups is 1. The minimum absolute atomic E-state index is 0.00366. The van der Waals surface area contributed by atoms with Crippen LogP contribution in [0.2, 0.25) is 0 Å². The first-order valence-corrected chi connectivity index (χ1v) is 5.39. The van der Waals surface area contributed by atoms with Crippen molar-refractivity contribution in [2.45, 2.75) is 18.9 Å². The van der Waals surface area contributed by atoms with Crippen molar-refractivity contribution in [3.63, 3.8) is 0 Å². The summed E-state index contributed by atoms with van der Waals surface area (Å²) < 4.78 is 13.6. The summed E-state index contributed by atoms with van der Waals surface area (Å²) in [6.07, 6.45) is 2.53. The summed E-state index contributed by atoms with van der Waals surface area (Å²) in [6.45, 7) is 0.589. The normalized spacial score (nSPS) is 19.4. The molecule has 0 bridgehead atoms. The molecule has 1 atom stereocenters. The quantitative estimate of drug-likeness (QED) is 0.753. The van der Waals surface area contributed by atoms with Crippen molar-refractivity contribution < 1.29 is 9.18 Å². The van der Waals surface area contributed by atoms with Crippen LogP contribution in [-0.4, -0.2) is 35.5 Å². The molecule has 1 amide bonds. The fourth-order valence-corrected chi connectivity index (χ4v) is 2.03. The van der Waals surface area contributed by atoms with Gasteiger partial charge < -0.3 is 16.0 Å². The van der Waals surface area contributed by atoms with E-state index in [2.05, 4.69) is 15.3 Å². The predicted octanol–water partition coefficient (Wildman–Crippen LogP) is -0.0873. The van der Waals surface area contributed by atoms with E-state index in [1.54, 1.807) is 11.9 Å². The molecule has 17 heavy (non-hydrogen) atoms. The number of hydrogen-bond acceptors (Lipinski definition) is 5. The minimum atomic E-state index is -0.560. The lowest BCUT2D eigenvalue weighted by Crippen LogP contribution is -2.42. The molecular weight excluding hydrogens is 225 g/mol. The number of nitrogens with two attached hydrogens (primary N) is 1. The number of aromatic nitrogens is 2. The first-order chi connectivity index (χ1) is 8.13. The number of nitrogens with one attached hydrogen (secondary N) is 1. The van der Waals surface area contributed by atoms with Crippen molar-refractivity contribution in [1.82, 2.24) is 15.3 Å². The third-order valence-corrected chi connectivity index (χ3v) is 2.82. The molecule has 1 unspecified atom stereocenters. The summed E-state index contributed by atoms with van der Waals surface area (Å²) in [4.78, 5) is 20.7. The van der Waals surface area contributed by atoms with Crippen molar-refractivity contribution in [2.75, 3.05) is 24.2 Å². The molecular formula is C10H14FN5O. The zero-order chi connectivity index (χ0) is 12.4. The van der Waals surface area contributed by atoms with E-state index < -0.39 is 5.82 Å². The van der Waals surface area contributed by atoms with Crippen LogP contribution < -0.4 is 16.0 Å². The Kier molecular flexibility index (Phi) is 3.08. The van der Waals surface area contributed by atoms with Crippen molar-refractivity contribution >= 4 is 17.7 Å². The maximum atomic E-state index is 13.6. The Balaban J connectivity index is 2.32. The van der Waals surface area contributed by atoms with Crippen molar-refractivity contribution in [3.05, 3.63) is 12.0 Å². The lowest BCUT2D eigenvalue weighted by Gasteiger charge is -2.24. The van der Waals surface area contributed by atoms with E-state index in [9.17, 15) is 9.18 Å². The molecule has 1 aliphatic heterocycles. The number of hydrogen-bond donors (Lipinski definition) is 2. The molecule has 0 spiro atoms. The van der Waals surface area contributed by atoms with E-state index in [1.165, 1.54) is 0 Å². The molecule has 2 rings (SSSR count). The van der Waals surface area contributed by atoms with Crippen LogP contribution in [-0.2, 0) is 4.79 Å². The molecule has 0 saturated carbocycles. The summed E-state index contributed by atoms with van der Waals surface area (Å²) in [5, 5.41) is 2.56. The molecule has 1 aromatic heterocycles.